The summed E-state index contributed by atoms with van der Waals surface area (Å²) in [6.07, 6.45) is -0.491. The summed E-state index contributed by atoms with van der Waals surface area (Å²) in [7, 11) is -10.5. The van der Waals surface area contributed by atoms with Crippen molar-refractivity contribution in [3.8, 4) is 11.5 Å². The van der Waals surface area contributed by atoms with Crippen molar-refractivity contribution in [1.82, 2.24) is 0 Å². The summed E-state index contributed by atoms with van der Waals surface area (Å²) in [4.78, 5) is 84.8. The van der Waals surface area contributed by atoms with Gasteiger partial charge in [-0.05, 0) is 66.5 Å². The zero-order valence-electron chi connectivity index (χ0n) is 24.7. The van der Waals surface area contributed by atoms with Crippen LogP contribution in [0.15, 0.2) is 42.5 Å². The van der Waals surface area contributed by atoms with Crippen LogP contribution in [0.25, 0.3) is 0 Å². The van der Waals surface area contributed by atoms with E-state index in [1.165, 1.54) is 19.9 Å². The third-order valence-electron chi connectivity index (χ3n) is 6.60. The summed E-state index contributed by atoms with van der Waals surface area (Å²) in [5.41, 5.74) is 1.57. The maximum atomic E-state index is 12.8. The monoisotopic (exact) mass is 657 g/mol. The molecule has 0 spiro atoms. The molecule has 0 aliphatic carbocycles. The summed E-state index contributed by atoms with van der Waals surface area (Å²) >= 11 is 0. The Hall–Kier alpha value is -3.38. The average Bonchev–Trinajstić information content (AvgIpc) is 2.88. The van der Waals surface area contributed by atoms with Crippen LogP contribution in [-0.4, -0.2) is 55.4 Å². The highest BCUT2D eigenvalue weighted by molar-refractivity contribution is 7.70. The summed E-state index contributed by atoms with van der Waals surface area (Å²) in [5.74, 6) is -2.61. The van der Waals surface area contributed by atoms with Gasteiger partial charge in [0.05, 0.1) is 12.3 Å². The van der Waals surface area contributed by atoms with Crippen molar-refractivity contribution >= 4 is 44.7 Å². The first-order valence-corrected chi connectivity index (χ1v) is 16.9. The zero-order chi connectivity index (χ0) is 33.2. The van der Waals surface area contributed by atoms with Crippen molar-refractivity contribution in [2.75, 3.05) is 11.9 Å². The summed E-state index contributed by atoms with van der Waals surface area (Å²) in [6, 6.07) is 11.6. The Morgan fingerprint density at radius 2 is 1.34 bits per heavy atom. The second-order valence-corrected chi connectivity index (χ2v) is 14.0. The number of amides is 1. The molecule has 2 aromatic rings. The van der Waals surface area contributed by atoms with E-state index in [9.17, 15) is 47.9 Å². The van der Waals surface area contributed by atoms with Gasteiger partial charge < -0.3 is 39.1 Å². The molecule has 0 saturated carbocycles. The molecule has 0 fully saturated rings. The Labute approximate surface area is 254 Å². The fourth-order valence-corrected chi connectivity index (χ4v) is 7.25. The van der Waals surface area contributed by atoms with E-state index in [1.807, 2.05) is 6.92 Å². The molecule has 0 radical (unpaired) electrons. The number of carbonyl (C=O) groups is 4. The predicted molar refractivity (Wildman–Crippen MR) is 158 cm³/mol. The van der Waals surface area contributed by atoms with Gasteiger partial charge in [0, 0.05) is 27.2 Å². The van der Waals surface area contributed by atoms with Crippen LogP contribution in [0.5, 0.6) is 11.5 Å². The Kier molecular flexibility index (Phi) is 13.5. The third-order valence-corrected chi connectivity index (χ3v) is 10.5. The SMILES string of the molecule is CCC(c1ccc(OC(C)=O)cc1)C(CCOC(C)=O)c1ccc(OC(C)=O)c(NC(=O)CCC(P(=O)(O)O)P(=O)(O)O)c1. The Balaban J connectivity index is 2.47. The molecule has 242 valence electrons. The molecule has 1 amide bonds. The van der Waals surface area contributed by atoms with Gasteiger partial charge in [0.1, 0.15) is 5.75 Å². The van der Waals surface area contributed by atoms with Gasteiger partial charge in [-0.3, -0.25) is 28.3 Å². The minimum absolute atomic E-state index is 0.0316. The largest absolute Gasteiger partial charge is 0.466 e. The molecule has 16 heteroatoms. The zero-order valence-corrected chi connectivity index (χ0v) is 26.5. The van der Waals surface area contributed by atoms with Gasteiger partial charge in [0.15, 0.2) is 11.1 Å². The van der Waals surface area contributed by atoms with Crippen LogP contribution in [-0.2, 0) is 33.0 Å². The molecule has 0 bridgehead atoms. The fraction of sp³-hybridized carbons (Fsp3) is 0.429. The fourth-order valence-electron chi connectivity index (χ4n) is 4.76. The van der Waals surface area contributed by atoms with Gasteiger partial charge in [-0.2, -0.15) is 0 Å². The summed E-state index contributed by atoms with van der Waals surface area (Å²) in [5, 5.41) is 0.152. The predicted octanol–water partition coefficient (Wildman–Crippen LogP) is 4.17. The number of nitrogens with one attached hydrogen (secondary N) is 1. The van der Waals surface area contributed by atoms with E-state index >= 15 is 0 Å². The highest BCUT2D eigenvalue weighted by Gasteiger charge is 2.43. The van der Waals surface area contributed by atoms with Crippen molar-refractivity contribution in [2.45, 2.75) is 70.6 Å². The van der Waals surface area contributed by atoms with Crippen LogP contribution in [0, 0.1) is 0 Å². The summed E-state index contributed by atoms with van der Waals surface area (Å²) in [6.45, 7) is 5.75. The first-order chi connectivity index (χ1) is 20.4. The summed E-state index contributed by atoms with van der Waals surface area (Å²) < 4.78 is 38.8. The molecule has 2 unspecified atom stereocenters. The molecule has 0 heterocycles. The molecular formula is C28H37NO13P2. The lowest BCUT2D eigenvalue weighted by Gasteiger charge is -2.28. The van der Waals surface area contributed by atoms with Crippen LogP contribution < -0.4 is 14.8 Å². The topological polar surface area (TPSA) is 223 Å². The molecule has 14 nitrogen and oxygen atoms in total. The molecule has 0 aliphatic heterocycles. The first-order valence-electron chi connectivity index (χ1n) is 13.6. The van der Waals surface area contributed by atoms with Crippen molar-refractivity contribution in [3.05, 3.63) is 53.6 Å². The second kappa shape index (κ2) is 16.1. The lowest BCUT2D eigenvalue weighted by atomic mass is 9.78. The Morgan fingerprint density at radius 1 is 0.773 bits per heavy atom. The number of carbonyl (C=O) groups excluding carboxylic acids is 4. The Morgan fingerprint density at radius 3 is 1.84 bits per heavy atom. The van der Waals surface area contributed by atoms with E-state index in [1.54, 1.807) is 36.4 Å². The van der Waals surface area contributed by atoms with E-state index in [2.05, 4.69) is 5.32 Å². The van der Waals surface area contributed by atoms with Crippen LogP contribution in [0.1, 0.15) is 76.3 Å². The minimum atomic E-state index is -5.23. The van der Waals surface area contributed by atoms with E-state index in [0.717, 1.165) is 12.5 Å². The smallest absolute Gasteiger partial charge is 0.340 e. The van der Waals surface area contributed by atoms with E-state index in [4.69, 9.17) is 14.2 Å². The van der Waals surface area contributed by atoms with Crippen LogP contribution in [0.3, 0.4) is 0 Å². The third kappa shape index (κ3) is 11.6. The molecule has 0 saturated heterocycles. The number of benzene rings is 2. The van der Waals surface area contributed by atoms with Crippen LogP contribution in [0.4, 0.5) is 5.69 Å². The van der Waals surface area contributed by atoms with Crippen LogP contribution in [0.2, 0.25) is 0 Å². The van der Waals surface area contributed by atoms with Crippen molar-refractivity contribution < 1.29 is 62.1 Å². The average molecular weight is 658 g/mol. The molecule has 0 aliphatic rings. The quantitative estimate of drug-likeness (QED) is 0.103. The van der Waals surface area contributed by atoms with Crippen molar-refractivity contribution in [3.63, 3.8) is 0 Å². The molecule has 5 N–H and O–H groups in total. The highest BCUT2D eigenvalue weighted by Crippen LogP contribution is 2.61. The normalized spacial score (nSPS) is 13.1. The Bertz CT molecular complexity index is 1410. The molecular weight excluding hydrogens is 620 g/mol. The lowest BCUT2D eigenvalue weighted by molar-refractivity contribution is -0.141. The van der Waals surface area contributed by atoms with E-state index in [-0.39, 0.29) is 29.9 Å². The highest BCUT2D eigenvalue weighted by atomic mass is 31.2. The van der Waals surface area contributed by atoms with Crippen LogP contribution >= 0.6 is 15.2 Å². The molecule has 2 rings (SSSR count). The number of rotatable bonds is 15. The van der Waals surface area contributed by atoms with Gasteiger partial charge in [-0.25, -0.2) is 0 Å². The minimum Gasteiger partial charge on any atom is -0.466 e. The molecule has 2 aromatic carbocycles. The van der Waals surface area contributed by atoms with Crippen molar-refractivity contribution in [2.24, 2.45) is 0 Å². The molecule has 2 atom stereocenters. The number of anilines is 1. The van der Waals surface area contributed by atoms with Gasteiger partial charge in [0.25, 0.3) is 0 Å². The van der Waals surface area contributed by atoms with Gasteiger partial charge in [-0.15, -0.1) is 0 Å². The van der Waals surface area contributed by atoms with Gasteiger partial charge in [-0.1, -0.05) is 25.1 Å². The molecule has 0 aromatic heterocycles. The standard InChI is InChI=1S/C28H37NO13P2/c1-5-23(20-6-9-22(10-7-20)41-18(3)31)24(14-15-40-17(2)30)21-8-11-26(42-19(4)32)25(16-21)29-27(33)12-13-28(43(34,35)36)44(37,38)39/h6-11,16,23-24,28H,5,12-15H2,1-4H3,(H,29,33)(H2,34,35,36)(H2,37,38,39). The lowest BCUT2D eigenvalue weighted by Crippen LogP contribution is -2.18. The van der Waals surface area contributed by atoms with Gasteiger partial charge >= 0.3 is 33.1 Å². The van der Waals surface area contributed by atoms with Gasteiger partial charge in [0.2, 0.25) is 5.91 Å². The van der Waals surface area contributed by atoms with E-state index in [0.29, 0.717) is 24.2 Å². The maximum absolute atomic E-state index is 12.8. The number of esters is 3. The maximum Gasteiger partial charge on any atom is 0.340 e. The number of hydrogen-bond donors (Lipinski definition) is 5. The second-order valence-electron chi connectivity index (χ2n) is 10.0. The number of hydrogen-bond acceptors (Lipinski definition) is 9. The van der Waals surface area contributed by atoms with E-state index < -0.39 is 57.2 Å². The number of ether oxygens (including phenoxy) is 3. The molecule has 44 heavy (non-hydrogen) atoms. The first kappa shape index (κ1) is 36.8. The van der Waals surface area contributed by atoms with Crippen molar-refractivity contribution in [1.29, 1.82) is 0 Å².